The van der Waals surface area contributed by atoms with Crippen molar-refractivity contribution >= 4 is 62.3 Å². The molecule has 0 aliphatic heterocycles. The normalized spacial score (nSPS) is 10.3. The Morgan fingerprint density at radius 3 is 2.62 bits per heavy atom. The second kappa shape index (κ2) is 7.36. The van der Waals surface area contributed by atoms with Gasteiger partial charge in [0.25, 0.3) is 5.91 Å². The van der Waals surface area contributed by atoms with Crippen molar-refractivity contribution in [2.75, 3.05) is 11.9 Å². The number of ether oxygens (including phenoxy) is 1. The van der Waals surface area contributed by atoms with Gasteiger partial charge in [0.15, 0.2) is 6.61 Å². The van der Waals surface area contributed by atoms with Gasteiger partial charge in [-0.25, -0.2) is 0 Å². The third-order valence-corrected chi connectivity index (χ3v) is 4.09. The lowest BCUT2D eigenvalue weighted by Crippen LogP contribution is -2.20. The van der Waals surface area contributed by atoms with Gasteiger partial charge in [0.2, 0.25) is 0 Å². The van der Waals surface area contributed by atoms with Gasteiger partial charge < -0.3 is 10.1 Å². The maximum Gasteiger partial charge on any atom is 0.262 e. The Bertz CT molecular complexity index is 679. The second-order valence-corrected chi connectivity index (χ2v) is 6.12. The number of hydrogen-bond acceptors (Lipinski definition) is 2. The van der Waals surface area contributed by atoms with Gasteiger partial charge in [0.1, 0.15) is 5.75 Å². The van der Waals surface area contributed by atoms with Crippen LogP contribution in [0.5, 0.6) is 5.75 Å². The van der Waals surface area contributed by atoms with E-state index in [1.807, 2.05) is 0 Å². The smallest absolute Gasteiger partial charge is 0.262 e. The number of anilines is 1. The zero-order chi connectivity index (χ0) is 15.4. The molecule has 0 aliphatic carbocycles. The van der Waals surface area contributed by atoms with Crippen LogP contribution in [0.25, 0.3) is 0 Å². The molecule has 3 nitrogen and oxygen atoms in total. The molecular weight excluding hydrogens is 400 g/mol. The Balaban J connectivity index is 1.97. The topological polar surface area (TPSA) is 38.3 Å². The number of benzene rings is 2. The highest BCUT2D eigenvalue weighted by Crippen LogP contribution is 2.30. The van der Waals surface area contributed by atoms with Crippen LogP contribution in [0.4, 0.5) is 5.69 Å². The van der Waals surface area contributed by atoms with Crippen LogP contribution in [0.3, 0.4) is 0 Å². The van der Waals surface area contributed by atoms with Gasteiger partial charge in [-0.15, -0.1) is 0 Å². The number of rotatable bonds is 4. The number of hydrogen-bond donors (Lipinski definition) is 1. The maximum absolute atomic E-state index is 11.8. The van der Waals surface area contributed by atoms with Crippen LogP contribution in [0.1, 0.15) is 0 Å². The van der Waals surface area contributed by atoms with E-state index in [4.69, 9.17) is 39.5 Å². The molecular formula is C14H9BrCl3NO2. The Morgan fingerprint density at radius 1 is 1.14 bits per heavy atom. The molecule has 21 heavy (non-hydrogen) atoms. The molecule has 110 valence electrons. The predicted octanol–water partition coefficient (Wildman–Crippen LogP) is 5.43. The van der Waals surface area contributed by atoms with Crippen molar-refractivity contribution in [1.29, 1.82) is 0 Å². The first-order valence-electron chi connectivity index (χ1n) is 5.79. The summed E-state index contributed by atoms with van der Waals surface area (Å²) < 4.78 is 6.18. The lowest BCUT2D eigenvalue weighted by molar-refractivity contribution is -0.118. The van der Waals surface area contributed by atoms with Crippen molar-refractivity contribution in [3.8, 4) is 5.75 Å². The summed E-state index contributed by atoms with van der Waals surface area (Å²) in [5.41, 5.74) is 0.430. The fourth-order valence-electron chi connectivity index (χ4n) is 1.52. The summed E-state index contributed by atoms with van der Waals surface area (Å²) >= 11 is 21.1. The molecule has 0 fully saturated rings. The van der Waals surface area contributed by atoms with Gasteiger partial charge in [0.05, 0.1) is 20.8 Å². The summed E-state index contributed by atoms with van der Waals surface area (Å²) in [7, 11) is 0. The van der Waals surface area contributed by atoms with E-state index in [1.165, 1.54) is 0 Å². The summed E-state index contributed by atoms with van der Waals surface area (Å²) in [4.78, 5) is 11.8. The zero-order valence-electron chi connectivity index (χ0n) is 10.5. The van der Waals surface area contributed by atoms with E-state index in [-0.39, 0.29) is 17.5 Å². The van der Waals surface area contributed by atoms with Gasteiger partial charge in [0, 0.05) is 4.47 Å². The largest absolute Gasteiger partial charge is 0.482 e. The molecule has 2 aromatic carbocycles. The third-order valence-electron chi connectivity index (χ3n) is 2.48. The molecule has 0 saturated heterocycles. The SMILES string of the molecule is O=C(COc1ccc(Br)cc1Cl)Nc1cccc(Cl)c1Cl. The van der Waals surface area contributed by atoms with Crippen LogP contribution in [0, 0.1) is 0 Å². The average Bonchev–Trinajstić information content (AvgIpc) is 2.43. The maximum atomic E-state index is 11.8. The van der Waals surface area contributed by atoms with Crippen LogP contribution in [-0.2, 0) is 4.79 Å². The fraction of sp³-hybridized carbons (Fsp3) is 0.0714. The summed E-state index contributed by atoms with van der Waals surface area (Å²) in [6.45, 7) is -0.190. The van der Waals surface area contributed by atoms with Crippen molar-refractivity contribution in [3.63, 3.8) is 0 Å². The molecule has 1 N–H and O–H groups in total. The highest BCUT2D eigenvalue weighted by Gasteiger charge is 2.10. The quantitative estimate of drug-likeness (QED) is 0.732. The third kappa shape index (κ3) is 4.51. The molecule has 0 saturated carbocycles. The molecule has 2 rings (SSSR count). The van der Waals surface area contributed by atoms with E-state index < -0.39 is 0 Å². The lowest BCUT2D eigenvalue weighted by Gasteiger charge is -2.10. The summed E-state index contributed by atoms with van der Waals surface area (Å²) in [5, 5.41) is 3.69. The first kappa shape index (κ1) is 16.4. The first-order valence-corrected chi connectivity index (χ1v) is 7.72. The molecule has 0 bridgehead atoms. The molecule has 0 atom stereocenters. The zero-order valence-corrected chi connectivity index (χ0v) is 14.4. The highest BCUT2D eigenvalue weighted by atomic mass is 79.9. The van der Waals surface area contributed by atoms with Crippen molar-refractivity contribution in [2.24, 2.45) is 0 Å². The van der Waals surface area contributed by atoms with E-state index >= 15 is 0 Å². The molecule has 0 heterocycles. The molecule has 0 aliphatic rings. The lowest BCUT2D eigenvalue weighted by atomic mass is 10.3. The molecule has 7 heteroatoms. The molecule has 0 unspecified atom stereocenters. The van der Waals surface area contributed by atoms with Crippen molar-refractivity contribution in [2.45, 2.75) is 0 Å². The van der Waals surface area contributed by atoms with Gasteiger partial charge >= 0.3 is 0 Å². The van der Waals surface area contributed by atoms with Gasteiger partial charge in [-0.1, -0.05) is 56.8 Å². The number of nitrogens with one attached hydrogen (secondary N) is 1. The molecule has 0 spiro atoms. The molecule has 1 amide bonds. The Labute approximate surface area is 145 Å². The Kier molecular flexibility index (Phi) is 5.76. The van der Waals surface area contributed by atoms with Crippen LogP contribution < -0.4 is 10.1 Å². The Hall–Kier alpha value is -0.940. The van der Waals surface area contributed by atoms with Gasteiger partial charge in [-0.3, -0.25) is 4.79 Å². The van der Waals surface area contributed by atoms with E-state index in [1.54, 1.807) is 36.4 Å². The number of amides is 1. The van der Waals surface area contributed by atoms with Crippen LogP contribution >= 0.6 is 50.7 Å². The molecule has 0 aromatic heterocycles. The fourth-order valence-corrected chi connectivity index (χ4v) is 2.60. The molecule has 0 radical (unpaired) electrons. The first-order chi connectivity index (χ1) is 9.97. The van der Waals surface area contributed by atoms with E-state index in [0.717, 1.165) is 4.47 Å². The van der Waals surface area contributed by atoms with Crippen molar-refractivity contribution < 1.29 is 9.53 Å². The minimum absolute atomic E-state index is 0.190. The highest BCUT2D eigenvalue weighted by molar-refractivity contribution is 9.10. The summed E-state index contributed by atoms with van der Waals surface area (Å²) in [5.74, 6) is 0.0605. The van der Waals surface area contributed by atoms with E-state index in [0.29, 0.717) is 21.5 Å². The second-order valence-electron chi connectivity index (χ2n) is 4.01. The van der Waals surface area contributed by atoms with Crippen molar-refractivity contribution in [3.05, 3.63) is 55.9 Å². The monoisotopic (exact) mass is 407 g/mol. The average molecular weight is 409 g/mol. The van der Waals surface area contributed by atoms with Crippen LogP contribution in [-0.4, -0.2) is 12.5 Å². The summed E-state index contributed by atoms with van der Waals surface area (Å²) in [6, 6.07) is 10.1. The van der Waals surface area contributed by atoms with Crippen molar-refractivity contribution in [1.82, 2.24) is 0 Å². The van der Waals surface area contributed by atoms with Gasteiger partial charge in [-0.2, -0.15) is 0 Å². The van der Waals surface area contributed by atoms with Crippen LogP contribution in [0.15, 0.2) is 40.9 Å². The summed E-state index contributed by atoms with van der Waals surface area (Å²) in [6.07, 6.45) is 0. The standard InChI is InChI=1S/C14H9BrCl3NO2/c15-8-4-5-12(10(17)6-8)21-7-13(20)19-11-3-1-2-9(16)14(11)18/h1-6H,7H2,(H,19,20). The number of carbonyl (C=O) groups excluding carboxylic acids is 1. The van der Waals surface area contributed by atoms with E-state index in [2.05, 4.69) is 21.2 Å². The Morgan fingerprint density at radius 2 is 1.90 bits per heavy atom. The number of halogens is 4. The van der Waals surface area contributed by atoms with Crippen LogP contribution in [0.2, 0.25) is 15.1 Å². The molecule has 2 aromatic rings. The minimum atomic E-state index is -0.363. The minimum Gasteiger partial charge on any atom is -0.482 e. The van der Waals surface area contributed by atoms with E-state index in [9.17, 15) is 4.79 Å². The predicted molar refractivity (Wildman–Crippen MR) is 89.7 cm³/mol. The van der Waals surface area contributed by atoms with Gasteiger partial charge in [-0.05, 0) is 30.3 Å². The number of carbonyl (C=O) groups is 1.